The molecule has 0 aliphatic heterocycles. The fourth-order valence-electron chi connectivity index (χ4n) is 1.70. The lowest BCUT2D eigenvalue weighted by Crippen LogP contribution is -2.49. The third-order valence-electron chi connectivity index (χ3n) is 3.99. The van der Waals surface area contributed by atoms with Crippen LogP contribution in [-0.4, -0.2) is 31.1 Å². The zero-order valence-corrected chi connectivity index (χ0v) is 16.5. The minimum atomic E-state index is -2.28. The number of aliphatic hydroxyl groups is 1. The van der Waals surface area contributed by atoms with Crippen molar-refractivity contribution in [3.8, 4) is 0 Å². The molecule has 1 heterocycles. The van der Waals surface area contributed by atoms with Gasteiger partial charge in [0.2, 0.25) is 0 Å². The molecule has 1 N–H and O–H groups in total. The molecule has 0 radical (unpaired) electrons. The van der Waals surface area contributed by atoms with Crippen molar-refractivity contribution >= 4 is 14.3 Å². The Morgan fingerprint density at radius 2 is 1.78 bits per heavy atom. The first-order chi connectivity index (χ1) is 10.2. The Hall–Kier alpha value is -1.11. The van der Waals surface area contributed by atoms with Crippen LogP contribution < -0.4 is 0 Å². The predicted molar refractivity (Wildman–Crippen MR) is 91.6 cm³/mol. The summed E-state index contributed by atoms with van der Waals surface area (Å²) in [5, 5.41) is 10.5. The normalized spacial score (nSPS) is 16.0. The van der Waals surface area contributed by atoms with E-state index in [1.54, 1.807) is 32.9 Å². The second-order valence-corrected chi connectivity index (χ2v) is 13.0. The summed E-state index contributed by atoms with van der Waals surface area (Å²) in [6.07, 6.45) is -0.855. The number of carbonyl (C=O) groups is 1. The number of furan rings is 1. The lowest BCUT2D eigenvalue weighted by Gasteiger charge is -2.39. The number of esters is 1. The van der Waals surface area contributed by atoms with Crippen molar-refractivity contribution in [1.82, 2.24) is 0 Å². The summed E-state index contributed by atoms with van der Waals surface area (Å²) >= 11 is 0. The zero-order valence-electron chi connectivity index (χ0n) is 15.5. The van der Waals surface area contributed by atoms with Crippen LogP contribution in [0.4, 0.5) is 0 Å². The van der Waals surface area contributed by atoms with Crippen LogP contribution in [0, 0.1) is 0 Å². The van der Waals surface area contributed by atoms with E-state index in [4.69, 9.17) is 13.6 Å². The number of rotatable bonds is 5. The molecule has 0 saturated heterocycles. The highest BCUT2D eigenvalue weighted by atomic mass is 28.4. The van der Waals surface area contributed by atoms with E-state index in [0.29, 0.717) is 5.76 Å². The number of aliphatic hydroxyl groups excluding tert-OH is 1. The Balaban J connectivity index is 3.09. The lowest BCUT2D eigenvalue weighted by atomic mass is 10.1. The van der Waals surface area contributed by atoms with Gasteiger partial charge in [0, 0.05) is 0 Å². The van der Waals surface area contributed by atoms with Gasteiger partial charge < -0.3 is 18.7 Å². The summed E-state index contributed by atoms with van der Waals surface area (Å²) in [7, 11) is -2.28. The first-order valence-corrected chi connectivity index (χ1v) is 10.8. The first-order valence-electron chi connectivity index (χ1n) is 7.87. The van der Waals surface area contributed by atoms with Crippen LogP contribution >= 0.6 is 0 Å². The van der Waals surface area contributed by atoms with E-state index in [9.17, 15) is 9.90 Å². The quantitative estimate of drug-likeness (QED) is 0.646. The SMILES string of the molecule is CC(C)(C)OC(=O)C(O[Si](C)(C)C(C)(C)C)C(O)c1ccco1. The third-order valence-corrected chi connectivity index (χ3v) is 8.44. The fourth-order valence-corrected chi connectivity index (χ4v) is 2.92. The summed E-state index contributed by atoms with van der Waals surface area (Å²) in [5.41, 5.74) is -0.658. The highest BCUT2D eigenvalue weighted by Gasteiger charge is 2.44. The van der Waals surface area contributed by atoms with Gasteiger partial charge in [0.1, 0.15) is 17.5 Å². The van der Waals surface area contributed by atoms with Gasteiger partial charge in [-0.05, 0) is 51.0 Å². The standard InChI is InChI=1S/C17H30O5Si/c1-16(2,3)21-15(19)14(13(18)12-10-9-11-20-12)22-23(7,8)17(4,5)6/h9-11,13-14,18H,1-8H3. The number of carbonyl (C=O) groups excluding carboxylic acids is 1. The van der Waals surface area contributed by atoms with E-state index in [1.807, 2.05) is 13.1 Å². The average Bonchev–Trinajstić information content (AvgIpc) is 2.85. The van der Waals surface area contributed by atoms with Gasteiger partial charge in [-0.3, -0.25) is 0 Å². The predicted octanol–water partition coefficient (Wildman–Crippen LogP) is 4.05. The Labute approximate surface area is 140 Å². The highest BCUT2D eigenvalue weighted by molar-refractivity contribution is 6.74. The van der Waals surface area contributed by atoms with Crippen LogP contribution in [0.15, 0.2) is 22.8 Å². The van der Waals surface area contributed by atoms with Gasteiger partial charge in [-0.25, -0.2) is 4.79 Å². The lowest BCUT2D eigenvalue weighted by molar-refractivity contribution is -0.170. The molecular formula is C17H30O5Si. The Kier molecular flexibility index (Phi) is 5.88. The Morgan fingerprint density at radius 1 is 1.22 bits per heavy atom. The molecule has 0 saturated carbocycles. The molecule has 2 atom stereocenters. The number of hydrogen-bond donors (Lipinski definition) is 1. The minimum Gasteiger partial charge on any atom is -0.466 e. The van der Waals surface area contributed by atoms with Crippen LogP contribution in [0.5, 0.6) is 0 Å². The first kappa shape index (κ1) is 19.9. The van der Waals surface area contributed by atoms with E-state index >= 15 is 0 Å². The van der Waals surface area contributed by atoms with Crippen LogP contribution in [0.25, 0.3) is 0 Å². The summed E-state index contributed by atoms with van der Waals surface area (Å²) in [5.74, 6) is -0.286. The molecule has 1 aromatic rings. The molecule has 0 spiro atoms. The molecule has 132 valence electrons. The van der Waals surface area contributed by atoms with E-state index < -0.39 is 32.1 Å². The van der Waals surface area contributed by atoms with E-state index in [2.05, 4.69) is 20.8 Å². The molecule has 0 aliphatic carbocycles. The molecule has 0 amide bonds. The second kappa shape index (κ2) is 6.79. The van der Waals surface area contributed by atoms with Crippen molar-refractivity contribution in [3.63, 3.8) is 0 Å². The van der Waals surface area contributed by atoms with Gasteiger partial charge in [0.15, 0.2) is 14.4 Å². The largest absolute Gasteiger partial charge is 0.466 e. The molecule has 6 heteroatoms. The Bertz CT molecular complexity index is 508. The second-order valence-electron chi connectivity index (χ2n) is 8.29. The van der Waals surface area contributed by atoms with Gasteiger partial charge in [0.05, 0.1) is 6.26 Å². The topological polar surface area (TPSA) is 68.9 Å². The van der Waals surface area contributed by atoms with E-state index in [0.717, 1.165) is 0 Å². The summed E-state index contributed by atoms with van der Waals surface area (Å²) in [6, 6.07) is 3.29. The number of ether oxygens (including phenoxy) is 1. The highest BCUT2D eigenvalue weighted by Crippen LogP contribution is 2.39. The maximum Gasteiger partial charge on any atom is 0.337 e. The summed E-state index contributed by atoms with van der Waals surface area (Å²) < 4.78 is 16.8. The summed E-state index contributed by atoms with van der Waals surface area (Å²) in [4.78, 5) is 12.6. The van der Waals surface area contributed by atoms with Crippen molar-refractivity contribution in [3.05, 3.63) is 24.2 Å². The fraction of sp³-hybridized carbons (Fsp3) is 0.706. The smallest absolute Gasteiger partial charge is 0.337 e. The van der Waals surface area contributed by atoms with E-state index in [-0.39, 0.29) is 5.04 Å². The molecule has 1 aromatic heterocycles. The van der Waals surface area contributed by atoms with E-state index in [1.165, 1.54) is 6.26 Å². The molecule has 2 unspecified atom stereocenters. The zero-order chi connectivity index (χ0) is 18.1. The maximum absolute atomic E-state index is 12.6. The van der Waals surface area contributed by atoms with Crippen molar-refractivity contribution in [2.45, 2.75) is 77.5 Å². The molecule has 0 aromatic carbocycles. The van der Waals surface area contributed by atoms with Crippen LogP contribution in [0.3, 0.4) is 0 Å². The van der Waals surface area contributed by atoms with Crippen molar-refractivity contribution in [2.24, 2.45) is 0 Å². The molecule has 0 aliphatic rings. The van der Waals surface area contributed by atoms with Crippen LogP contribution in [-0.2, 0) is 14.0 Å². The number of hydrogen-bond acceptors (Lipinski definition) is 5. The monoisotopic (exact) mass is 342 g/mol. The van der Waals surface area contributed by atoms with Crippen LogP contribution in [0.2, 0.25) is 18.1 Å². The maximum atomic E-state index is 12.6. The molecule has 1 rings (SSSR count). The third kappa shape index (κ3) is 5.48. The molecule has 0 fully saturated rings. The van der Waals surface area contributed by atoms with Gasteiger partial charge >= 0.3 is 5.97 Å². The molecule has 23 heavy (non-hydrogen) atoms. The molecule has 0 bridgehead atoms. The minimum absolute atomic E-state index is 0.101. The Morgan fingerprint density at radius 3 is 2.17 bits per heavy atom. The molecular weight excluding hydrogens is 312 g/mol. The van der Waals surface area contributed by atoms with Gasteiger partial charge in [0.25, 0.3) is 0 Å². The van der Waals surface area contributed by atoms with Gasteiger partial charge in [-0.15, -0.1) is 0 Å². The van der Waals surface area contributed by atoms with Gasteiger partial charge in [-0.1, -0.05) is 20.8 Å². The average molecular weight is 343 g/mol. The van der Waals surface area contributed by atoms with Crippen LogP contribution in [0.1, 0.15) is 53.4 Å². The van der Waals surface area contributed by atoms with Crippen molar-refractivity contribution in [2.75, 3.05) is 0 Å². The summed E-state index contributed by atoms with van der Waals surface area (Å²) in [6.45, 7) is 15.6. The van der Waals surface area contributed by atoms with Crippen molar-refractivity contribution in [1.29, 1.82) is 0 Å². The van der Waals surface area contributed by atoms with Gasteiger partial charge in [-0.2, -0.15) is 0 Å². The van der Waals surface area contributed by atoms with Crippen molar-refractivity contribution < 1.29 is 23.5 Å². The molecule has 5 nitrogen and oxygen atoms in total.